The highest BCUT2D eigenvalue weighted by Gasteiger charge is 2.77. The lowest BCUT2D eigenvalue weighted by atomic mass is 9.98. The van der Waals surface area contributed by atoms with Gasteiger partial charge in [0.1, 0.15) is 5.70 Å². The maximum atomic E-state index is 13.4. The number of allylic oxidation sites excluding steroid dienone is 2. The average Bonchev–Trinajstić information content (AvgIpc) is 3.27. The standard InChI is InChI=1S/C21H38N4O7P2/c1-14(2)18-19(15(3)4)25(13-26,17(7)8)20(24(18)16(5)6)21(33(27,28)29,34(30,31)32)11-23-10-9-22-12-23/h9-10,12-17,20H,11H2,1-8H3,(H3-,27,28,29,30,31,32)/p+1. The molecule has 0 saturated heterocycles. The Kier molecular flexibility index (Phi) is 8.18. The van der Waals surface area contributed by atoms with E-state index in [9.17, 15) is 33.5 Å². The van der Waals surface area contributed by atoms with Gasteiger partial charge in [-0.05, 0) is 33.6 Å². The van der Waals surface area contributed by atoms with Gasteiger partial charge in [-0.25, -0.2) is 14.3 Å². The fraction of sp³-hybridized carbons (Fsp3) is 0.714. The molecule has 2 rings (SSSR count). The number of amides is 1. The summed E-state index contributed by atoms with van der Waals surface area (Å²) in [6.07, 6.45) is 3.04. The van der Waals surface area contributed by atoms with Crippen LogP contribution in [0.3, 0.4) is 0 Å². The van der Waals surface area contributed by atoms with E-state index < -0.39 is 49.4 Å². The Bertz CT molecular complexity index is 988. The zero-order chi connectivity index (χ0) is 26.4. The van der Waals surface area contributed by atoms with Crippen molar-refractivity contribution >= 4 is 21.6 Å². The summed E-state index contributed by atoms with van der Waals surface area (Å²) in [7, 11) is -11.2. The second kappa shape index (κ2) is 9.62. The van der Waals surface area contributed by atoms with Crippen LogP contribution in [0.1, 0.15) is 55.4 Å². The summed E-state index contributed by atoms with van der Waals surface area (Å²) in [5.74, 6) is -0.420. The van der Waals surface area contributed by atoms with Crippen LogP contribution < -0.4 is 0 Å². The SMILES string of the molecule is CC(C)C1=C(C(C)C)[N+](C=O)(C(C)C)C(C(Cn2ccnc2)(P(=O)(O)O)P(=O)(O)O)N1C(C)C. The van der Waals surface area contributed by atoms with E-state index in [4.69, 9.17) is 0 Å². The number of carbonyl (C=O) groups excluding carboxylic acids is 1. The van der Waals surface area contributed by atoms with E-state index in [0.29, 0.717) is 17.8 Å². The number of nitrogens with zero attached hydrogens (tertiary/aromatic N) is 4. The van der Waals surface area contributed by atoms with E-state index in [1.807, 2.05) is 27.7 Å². The molecule has 194 valence electrons. The maximum absolute atomic E-state index is 13.4. The number of carbonyl (C=O) groups is 1. The van der Waals surface area contributed by atoms with Crippen molar-refractivity contribution in [1.29, 1.82) is 0 Å². The Labute approximate surface area is 201 Å². The van der Waals surface area contributed by atoms with Gasteiger partial charge < -0.3 is 29.0 Å². The zero-order valence-electron chi connectivity index (χ0n) is 21.1. The van der Waals surface area contributed by atoms with Crippen LogP contribution in [0, 0.1) is 11.8 Å². The molecule has 0 aromatic carbocycles. The maximum Gasteiger partial charge on any atom is 0.354 e. The summed E-state index contributed by atoms with van der Waals surface area (Å²) in [4.78, 5) is 58.9. The largest absolute Gasteiger partial charge is 0.354 e. The van der Waals surface area contributed by atoms with Gasteiger partial charge >= 0.3 is 21.6 Å². The summed E-state index contributed by atoms with van der Waals surface area (Å²) < 4.78 is 27.3. The molecule has 0 fully saturated rings. The lowest BCUT2D eigenvalue weighted by Gasteiger charge is -2.51. The summed E-state index contributed by atoms with van der Waals surface area (Å²) >= 11 is 0. The number of hydrogen-bond donors (Lipinski definition) is 4. The van der Waals surface area contributed by atoms with E-state index in [-0.39, 0.29) is 11.8 Å². The van der Waals surface area contributed by atoms with E-state index in [1.165, 1.54) is 23.3 Å². The third kappa shape index (κ3) is 4.26. The lowest BCUT2D eigenvalue weighted by molar-refractivity contribution is -0.863. The predicted octanol–water partition coefficient (Wildman–Crippen LogP) is 2.89. The molecular formula is C21H39N4O7P2+. The fourth-order valence-corrected chi connectivity index (χ4v) is 8.73. The van der Waals surface area contributed by atoms with Crippen LogP contribution in [0.25, 0.3) is 0 Å². The molecule has 13 heteroatoms. The Morgan fingerprint density at radius 2 is 1.56 bits per heavy atom. The third-order valence-corrected chi connectivity index (χ3v) is 11.0. The summed E-state index contributed by atoms with van der Waals surface area (Å²) in [6.45, 7) is 13.9. The van der Waals surface area contributed by atoms with E-state index in [0.717, 1.165) is 0 Å². The van der Waals surface area contributed by atoms with Crippen LogP contribution >= 0.6 is 15.2 Å². The summed E-state index contributed by atoms with van der Waals surface area (Å²) in [5, 5.41) is 0. The van der Waals surface area contributed by atoms with Crippen LogP contribution in [0.5, 0.6) is 0 Å². The molecule has 2 atom stereocenters. The average molecular weight is 522 g/mol. The van der Waals surface area contributed by atoms with Crippen LogP contribution in [0.4, 0.5) is 0 Å². The number of imidazole rings is 1. The number of quaternary nitrogens is 1. The van der Waals surface area contributed by atoms with Gasteiger partial charge in [-0.1, -0.05) is 27.7 Å². The molecule has 0 aliphatic carbocycles. The minimum absolute atomic E-state index is 0.180. The number of hydrogen-bond acceptors (Lipinski definition) is 5. The first-order valence-corrected chi connectivity index (χ1v) is 14.6. The van der Waals surface area contributed by atoms with Gasteiger partial charge in [-0.15, -0.1) is 0 Å². The summed E-state index contributed by atoms with van der Waals surface area (Å²) in [6, 6.07) is -0.993. The van der Waals surface area contributed by atoms with Gasteiger partial charge in [0, 0.05) is 24.4 Å². The van der Waals surface area contributed by atoms with E-state index >= 15 is 0 Å². The molecular weight excluding hydrogens is 482 g/mol. The molecule has 1 aromatic rings. The van der Waals surface area contributed by atoms with E-state index in [1.54, 1.807) is 32.6 Å². The highest BCUT2D eigenvalue weighted by Crippen LogP contribution is 2.74. The smallest absolute Gasteiger partial charge is 0.335 e. The van der Waals surface area contributed by atoms with Crippen molar-refractivity contribution in [3.63, 3.8) is 0 Å². The van der Waals surface area contributed by atoms with Crippen molar-refractivity contribution in [3.8, 4) is 0 Å². The van der Waals surface area contributed by atoms with Crippen LogP contribution in [-0.2, 0) is 20.5 Å². The molecule has 4 N–H and O–H groups in total. The van der Waals surface area contributed by atoms with Crippen LogP contribution in [0.15, 0.2) is 30.1 Å². The molecule has 0 radical (unpaired) electrons. The number of aromatic nitrogens is 2. The monoisotopic (exact) mass is 521 g/mol. The first-order valence-electron chi connectivity index (χ1n) is 11.4. The molecule has 1 aliphatic heterocycles. The Morgan fingerprint density at radius 1 is 1.03 bits per heavy atom. The van der Waals surface area contributed by atoms with Crippen molar-refractivity contribution in [3.05, 3.63) is 30.1 Å². The minimum atomic E-state index is -5.60. The molecule has 2 unspecified atom stereocenters. The van der Waals surface area contributed by atoms with Gasteiger partial charge in [0.25, 0.3) is 4.90 Å². The Hall–Kier alpha value is -1.32. The molecule has 0 spiro atoms. The highest BCUT2D eigenvalue weighted by molar-refractivity contribution is 7.72. The van der Waals surface area contributed by atoms with Crippen molar-refractivity contribution in [1.82, 2.24) is 14.5 Å². The first kappa shape index (κ1) is 28.9. The molecule has 11 nitrogen and oxygen atoms in total. The van der Waals surface area contributed by atoms with Gasteiger partial charge in [0.2, 0.25) is 6.17 Å². The summed E-state index contributed by atoms with van der Waals surface area (Å²) in [5.41, 5.74) is 1.28. The minimum Gasteiger partial charge on any atom is -0.335 e. The second-order valence-electron chi connectivity index (χ2n) is 10.2. The second-order valence-corrected chi connectivity index (χ2v) is 14.3. The van der Waals surface area contributed by atoms with Gasteiger partial charge in [0.05, 0.1) is 24.6 Å². The van der Waals surface area contributed by atoms with E-state index in [2.05, 4.69) is 4.98 Å². The van der Waals surface area contributed by atoms with Gasteiger partial charge in [-0.2, -0.15) is 0 Å². The zero-order valence-corrected chi connectivity index (χ0v) is 22.9. The topological polar surface area (TPSA) is 153 Å². The van der Waals surface area contributed by atoms with Crippen LogP contribution in [0.2, 0.25) is 0 Å². The molecule has 2 heterocycles. The molecule has 1 aromatic heterocycles. The van der Waals surface area contributed by atoms with Gasteiger partial charge in [0.15, 0.2) is 0 Å². The molecule has 1 amide bonds. The van der Waals surface area contributed by atoms with Crippen molar-refractivity contribution in [2.75, 3.05) is 0 Å². The molecule has 1 aliphatic rings. The Morgan fingerprint density at radius 3 is 1.85 bits per heavy atom. The lowest BCUT2D eigenvalue weighted by Crippen LogP contribution is -2.69. The molecule has 34 heavy (non-hydrogen) atoms. The van der Waals surface area contributed by atoms with Crippen molar-refractivity contribution in [2.45, 2.75) is 85.1 Å². The Balaban J connectivity index is 3.19. The van der Waals surface area contributed by atoms with Crippen molar-refractivity contribution < 1.29 is 38.0 Å². The first-order chi connectivity index (χ1) is 15.4. The predicted molar refractivity (Wildman–Crippen MR) is 128 cm³/mol. The van der Waals surface area contributed by atoms with Crippen molar-refractivity contribution in [2.24, 2.45) is 11.8 Å². The van der Waals surface area contributed by atoms with Gasteiger partial charge in [-0.3, -0.25) is 9.13 Å². The quantitative estimate of drug-likeness (QED) is 0.207. The highest BCUT2D eigenvalue weighted by atomic mass is 31.2. The third-order valence-electron chi connectivity index (χ3n) is 6.70. The fourth-order valence-electron chi connectivity index (χ4n) is 5.44. The molecule has 0 saturated carbocycles. The molecule has 0 bridgehead atoms. The normalized spacial score (nSPS) is 22.7. The van der Waals surface area contributed by atoms with Crippen LogP contribution in [-0.4, -0.2) is 68.1 Å². The number of rotatable bonds is 10.